The Hall–Kier alpha value is -3.06. The molecule has 0 radical (unpaired) electrons. The van der Waals surface area contributed by atoms with Gasteiger partial charge in [0.2, 0.25) is 0 Å². The SMILES string of the molecule is C=C1N(C)c2ccc(-c3c4ccccc4cc4ccccc34)cc2C1(C)C. The van der Waals surface area contributed by atoms with Crippen LogP contribution in [-0.4, -0.2) is 7.05 Å². The Balaban J connectivity index is 1.87. The van der Waals surface area contributed by atoms with Crippen LogP contribution in [0.2, 0.25) is 0 Å². The van der Waals surface area contributed by atoms with Crippen molar-refractivity contribution in [2.24, 2.45) is 0 Å². The summed E-state index contributed by atoms with van der Waals surface area (Å²) >= 11 is 0. The first-order chi connectivity index (χ1) is 13.0. The van der Waals surface area contributed by atoms with E-state index in [0.29, 0.717) is 0 Å². The molecule has 0 atom stereocenters. The number of anilines is 1. The number of hydrogen-bond acceptors (Lipinski definition) is 1. The van der Waals surface area contributed by atoms with Gasteiger partial charge in [-0.25, -0.2) is 0 Å². The number of hydrogen-bond donors (Lipinski definition) is 0. The predicted molar refractivity (Wildman–Crippen MR) is 117 cm³/mol. The second-order valence-corrected chi connectivity index (χ2v) is 8.06. The average Bonchev–Trinajstić information content (AvgIpc) is 2.86. The van der Waals surface area contributed by atoms with Crippen LogP contribution < -0.4 is 4.90 Å². The average molecular weight is 349 g/mol. The maximum absolute atomic E-state index is 4.33. The maximum Gasteiger partial charge on any atom is 0.0448 e. The second-order valence-electron chi connectivity index (χ2n) is 8.06. The Morgan fingerprint density at radius 2 is 1.37 bits per heavy atom. The molecule has 0 saturated carbocycles. The molecule has 0 fully saturated rings. The molecule has 1 heteroatoms. The highest BCUT2D eigenvalue weighted by Crippen LogP contribution is 2.48. The smallest absolute Gasteiger partial charge is 0.0448 e. The van der Waals surface area contributed by atoms with Gasteiger partial charge < -0.3 is 4.90 Å². The number of fused-ring (bicyclic) bond motifs is 3. The Morgan fingerprint density at radius 1 is 0.778 bits per heavy atom. The summed E-state index contributed by atoms with van der Waals surface area (Å²) < 4.78 is 0. The zero-order valence-electron chi connectivity index (χ0n) is 16.1. The zero-order chi connectivity index (χ0) is 18.8. The largest absolute Gasteiger partial charge is 0.348 e. The van der Waals surface area contributed by atoms with Gasteiger partial charge in [0.25, 0.3) is 0 Å². The van der Waals surface area contributed by atoms with E-state index in [0.717, 1.165) is 5.70 Å². The number of benzene rings is 4. The Morgan fingerprint density at radius 3 is 2.00 bits per heavy atom. The zero-order valence-corrected chi connectivity index (χ0v) is 16.1. The lowest BCUT2D eigenvalue weighted by molar-refractivity contribution is 0.643. The fourth-order valence-corrected chi connectivity index (χ4v) is 4.53. The topological polar surface area (TPSA) is 3.24 Å². The van der Waals surface area contributed by atoms with Crippen molar-refractivity contribution in [3.63, 3.8) is 0 Å². The quantitative estimate of drug-likeness (QED) is 0.338. The maximum atomic E-state index is 4.33. The highest BCUT2D eigenvalue weighted by Gasteiger charge is 2.37. The number of rotatable bonds is 1. The predicted octanol–water partition coefficient (Wildman–Crippen LogP) is 6.90. The first kappa shape index (κ1) is 16.1. The van der Waals surface area contributed by atoms with Crippen molar-refractivity contribution in [1.82, 2.24) is 0 Å². The van der Waals surface area contributed by atoms with E-state index in [-0.39, 0.29) is 5.41 Å². The normalized spacial score (nSPS) is 15.5. The first-order valence-corrected chi connectivity index (χ1v) is 9.47. The van der Waals surface area contributed by atoms with Gasteiger partial charge in [0.05, 0.1) is 0 Å². The van der Waals surface area contributed by atoms with E-state index in [2.05, 4.69) is 105 Å². The van der Waals surface area contributed by atoms with Crippen LogP contribution in [0.5, 0.6) is 0 Å². The molecule has 0 saturated heterocycles. The Kier molecular flexibility index (Phi) is 3.27. The van der Waals surface area contributed by atoms with Crippen LogP contribution in [0.3, 0.4) is 0 Å². The molecule has 0 aromatic heterocycles. The van der Waals surface area contributed by atoms with Crippen molar-refractivity contribution < 1.29 is 0 Å². The van der Waals surface area contributed by atoms with Gasteiger partial charge in [-0.1, -0.05) is 75.0 Å². The molecule has 4 aromatic carbocycles. The van der Waals surface area contributed by atoms with Gasteiger partial charge in [-0.3, -0.25) is 0 Å². The molecule has 0 bridgehead atoms. The van der Waals surface area contributed by atoms with Gasteiger partial charge in [-0.05, 0) is 56.4 Å². The third-order valence-corrected chi connectivity index (χ3v) is 6.22. The summed E-state index contributed by atoms with van der Waals surface area (Å²) in [5.74, 6) is 0. The minimum Gasteiger partial charge on any atom is -0.348 e. The van der Waals surface area contributed by atoms with E-state index >= 15 is 0 Å². The van der Waals surface area contributed by atoms with Crippen molar-refractivity contribution in [2.75, 3.05) is 11.9 Å². The van der Waals surface area contributed by atoms with E-state index in [1.807, 2.05) is 0 Å². The second kappa shape index (κ2) is 5.47. The molecule has 0 spiro atoms. The van der Waals surface area contributed by atoms with Crippen molar-refractivity contribution in [3.8, 4) is 11.1 Å². The van der Waals surface area contributed by atoms with Gasteiger partial charge in [-0.15, -0.1) is 0 Å². The molecule has 1 heterocycles. The highest BCUT2D eigenvalue weighted by molar-refractivity contribution is 6.12. The summed E-state index contributed by atoms with van der Waals surface area (Å²) in [4.78, 5) is 2.22. The molecule has 1 nitrogen and oxygen atoms in total. The molecular weight excluding hydrogens is 326 g/mol. The van der Waals surface area contributed by atoms with E-state index in [1.54, 1.807) is 0 Å². The first-order valence-electron chi connectivity index (χ1n) is 9.47. The van der Waals surface area contributed by atoms with E-state index in [1.165, 1.54) is 43.9 Å². The van der Waals surface area contributed by atoms with E-state index in [4.69, 9.17) is 0 Å². The van der Waals surface area contributed by atoms with Crippen LogP contribution in [0.15, 0.2) is 85.1 Å². The molecule has 0 amide bonds. The number of nitrogens with zero attached hydrogens (tertiary/aromatic N) is 1. The van der Waals surface area contributed by atoms with Gasteiger partial charge >= 0.3 is 0 Å². The minimum atomic E-state index is -0.0551. The molecule has 0 N–H and O–H groups in total. The van der Waals surface area contributed by atoms with Crippen LogP contribution in [-0.2, 0) is 5.41 Å². The Bertz CT molecular complexity index is 1180. The third-order valence-electron chi connectivity index (χ3n) is 6.22. The summed E-state index contributed by atoms with van der Waals surface area (Å²) in [5.41, 5.74) is 6.31. The van der Waals surface area contributed by atoms with Crippen molar-refractivity contribution in [1.29, 1.82) is 0 Å². The lowest BCUT2D eigenvalue weighted by Gasteiger charge is -2.22. The minimum absolute atomic E-state index is 0.0551. The van der Waals surface area contributed by atoms with Crippen LogP contribution in [0.25, 0.3) is 32.7 Å². The van der Waals surface area contributed by atoms with E-state index in [9.17, 15) is 0 Å². The summed E-state index contributed by atoms with van der Waals surface area (Å²) in [6, 6.07) is 26.6. The lowest BCUT2D eigenvalue weighted by atomic mass is 9.82. The molecule has 132 valence electrons. The van der Waals surface area contributed by atoms with Gasteiger partial charge in [0, 0.05) is 23.8 Å². The summed E-state index contributed by atoms with van der Waals surface area (Å²) in [6.07, 6.45) is 0. The fourth-order valence-electron chi connectivity index (χ4n) is 4.53. The molecular formula is C26H23N. The molecule has 1 aliphatic rings. The molecule has 0 unspecified atom stereocenters. The van der Waals surface area contributed by atoms with Gasteiger partial charge in [-0.2, -0.15) is 0 Å². The summed E-state index contributed by atoms with van der Waals surface area (Å²) in [5, 5.41) is 5.18. The van der Waals surface area contributed by atoms with Crippen LogP contribution >= 0.6 is 0 Å². The fraction of sp³-hybridized carbons (Fsp3) is 0.154. The molecule has 4 aromatic rings. The van der Waals surface area contributed by atoms with Gasteiger partial charge in [0.15, 0.2) is 0 Å². The Labute approximate surface area is 160 Å². The molecule has 1 aliphatic heterocycles. The van der Waals surface area contributed by atoms with Crippen molar-refractivity contribution in [2.45, 2.75) is 19.3 Å². The van der Waals surface area contributed by atoms with Gasteiger partial charge in [0.1, 0.15) is 0 Å². The summed E-state index contributed by atoms with van der Waals surface area (Å²) in [7, 11) is 2.11. The molecule has 5 rings (SSSR count). The standard InChI is InChI=1S/C26H23N/c1-17-26(2,3)23-16-20(13-14-24(23)27(17)4)25-21-11-7-5-9-18(21)15-19-10-6-8-12-22(19)25/h5-16H,1H2,2-4H3. The van der Waals surface area contributed by atoms with E-state index < -0.39 is 0 Å². The lowest BCUT2D eigenvalue weighted by Crippen LogP contribution is -2.21. The monoisotopic (exact) mass is 349 g/mol. The summed E-state index contributed by atoms with van der Waals surface area (Å²) in [6.45, 7) is 8.86. The van der Waals surface area contributed by atoms with Crippen LogP contribution in [0.1, 0.15) is 19.4 Å². The van der Waals surface area contributed by atoms with Crippen molar-refractivity contribution in [3.05, 3.63) is 90.6 Å². The molecule has 0 aliphatic carbocycles. The number of allylic oxidation sites excluding steroid dienone is 1. The van der Waals surface area contributed by atoms with Crippen LogP contribution in [0.4, 0.5) is 5.69 Å². The highest BCUT2D eigenvalue weighted by atomic mass is 15.1. The van der Waals surface area contributed by atoms with Crippen LogP contribution in [0, 0.1) is 0 Å². The molecule has 27 heavy (non-hydrogen) atoms. The van der Waals surface area contributed by atoms with Crippen molar-refractivity contribution >= 4 is 27.2 Å². The third kappa shape index (κ3) is 2.18. The number of likely N-dealkylation sites (N-methyl/N-ethyl adjacent to an activating group) is 1.